The molecular weight excluding hydrogens is 258 g/mol. The van der Waals surface area contributed by atoms with E-state index in [-0.39, 0.29) is 0 Å². The van der Waals surface area contributed by atoms with Crippen LogP contribution >= 0.6 is 0 Å². The molecule has 2 saturated carbocycles. The van der Waals surface area contributed by atoms with Crippen molar-refractivity contribution in [2.75, 3.05) is 5.32 Å². The van der Waals surface area contributed by atoms with Gasteiger partial charge in [0.05, 0.1) is 5.69 Å². The fourth-order valence-corrected chi connectivity index (χ4v) is 3.67. The van der Waals surface area contributed by atoms with E-state index in [9.17, 15) is 0 Å². The second-order valence-electron chi connectivity index (χ2n) is 6.56. The lowest BCUT2D eigenvalue weighted by Crippen LogP contribution is -2.13. The summed E-state index contributed by atoms with van der Waals surface area (Å²) in [6, 6.07) is 12.0. The lowest BCUT2D eigenvalue weighted by molar-refractivity contribution is 0.522. The molecule has 0 amide bonds. The maximum Gasteiger partial charge on any atom is 0.203 e. The van der Waals surface area contributed by atoms with E-state index in [1.54, 1.807) is 0 Å². The number of aromatic nitrogens is 2. The van der Waals surface area contributed by atoms with Crippen molar-refractivity contribution in [2.45, 2.75) is 57.0 Å². The van der Waals surface area contributed by atoms with Crippen LogP contribution in [0, 0.1) is 6.92 Å². The van der Waals surface area contributed by atoms with Crippen LogP contribution in [0.15, 0.2) is 36.5 Å². The summed E-state index contributed by atoms with van der Waals surface area (Å²) < 4.78 is 2.39. The molecule has 110 valence electrons. The fourth-order valence-electron chi connectivity index (χ4n) is 3.67. The van der Waals surface area contributed by atoms with Gasteiger partial charge in [-0.15, -0.1) is 0 Å². The summed E-state index contributed by atoms with van der Waals surface area (Å²) in [5, 5.41) is 3.68. The van der Waals surface area contributed by atoms with Crippen molar-refractivity contribution in [3.05, 3.63) is 47.8 Å². The van der Waals surface area contributed by atoms with Crippen molar-refractivity contribution in [2.24, 2.45) is 0 Å². The van der Waals surface area contributed by atoms with Gasteiger partial charge in [0, 0.05) is 24.2 Å². The van der Waals surface area contributed by atoms with Crippen LogP contribution in [0.3, 0.4) is 0 Å². The van der Waals surface area contributed by atoms with E-state index in [0.29, 0.717) is 18.0 Å². The van der Waals surface area contributed by atoms with E-state index >= 15 is 0 Å². The lowest BCUT2D eigenvalue weighted by atomic mass is 10.1. The molecule has 1 N–H and O–H groups in total. The third-order valence-corrected chi connectivity index (χ3v) is 4.90. The smallest absolute Gasteiger partial charge is 0.203 e. The normalized spacial score (nSPS) is 25.2. The molecule has 2 aliphatic carbocycles. The summed E-state index contributed by atoms with van der Waals surface area (Å²) in [6.45, 7) is 2.10. The number of rotatable bonds is 4. The molecule has 3 nitrogen and oxygen atoms in total. The van der Waals surface area contributed by atoms with Crippen LogP contribution in [0.2, 0.25) is 0 Å². The molecule has 0 saturated heterocycles. The first-order valence-electron chi connectivity index (χ1n) is 8.18. The summed E-state index contributed by atoms with van der Waals surface area (Å²) in [6.07, 6.45) is 8.77. The Kier molecular flexibility index (Phi) is 3.21. The van der Waals surface area contributed by atoms with E-state index in [2.05, 4.69) is 53.3 Å². The van der Waals surface area contributed by atoms with Gasteiger partial charge in [-0.05, 0) is 31.7 Å². The third-order valence-electron chi connectivity index (χ3n) is 4.90. The Morgan fingerprint density at radius 3 is 2.67 bits per heavy atom. The number of anilines is 1. The van der Waals surface area contributed by atoms with Crippen molar-refractivity contribution >= 4 is 5.95 Å². The molecule has 2 atom stereocenters. The van der Waals surface area contributed by atoms with E-state index < -0.39 is 0 Å². The van der Waals surface area contributed by atoms with E-state index in [1.807, 2.05) is 0 Å². The molecule has 21 heavy (non-hydrogen) atoms. The summed E-state index contributed by atoms with van der Waals surface area (Å²) in [4.78, 5) is 4.72. The van der Waals surface area contributed by atoms with Crippen LogP contribution in [-0.4, -0.2) is 15.6 Å². The maximum absolute atomic E-state index is 4.72. The SMILES string of the molecule is Cc1cn(C2CCCC2)c(NC2CC2c2ccccc2)n1. The Balaban J connectivity index is 1.48. The van der Waals surface area contributed by atoms with E-state index in [4.69, 9.17) is 4.98 Å². The molecule has 2 unspecified atom stereocenters. The molecule has 0 bridgehead atoms. The Labute approximate surface area is 126 Å². The number of nitrogens with one attached hydrogen (secondary N) is 1. The molecule has 3 heteroatoms. The predicted octanol–water partition coefficient (Wildman–Crippen LogP) is 4.27. The molecule has 0 spiro atoms. The van der Waals surface area contributed by atoms with Gasteiger partial charge >= 0.3 is 0 Å². The number of nitrogens with zero attached hydrogens (tertiary/aromatic N) is 2. The summed E-state index contributed by atoms with van der Waals surface area (Å²) in [7, 11) is 0. The quantitative estimate of drug-likeness (QED) is 0.906. The first-order valence-corrected chi connectivity index (χ1v) is 8.18. The molecule has 2 aromatic rings. The van der Waals surface area contributed by atoms with Gasteiger partial charge in [0.2, 0.25) is 5.95 Å². The van der Waals surface area contributed by atoms with Gasteiger partial charge in [-0.25, -0.2) is 4.98 Å². The Morgan fingerprint density at radius 1 is 1.14 bits per heavy atom. The number of imidazole rings is 1. The van der Waals surface area contributed by atoms with Gasteiger partial charge in [-0.1, -0.05) is 43.2 Å². The molecule has 1 aromatic heterocycles. The largest absolute Gasteiger partial charge is 0.352 e. The second kappa shape index (κ2) is 5.21. The van der Waals surface area contributed by atoms with Gasteiger partial charge in [-0.2, -0.15) is 0 Å². The Hall–Kier alpha value is -1.77. The molecule has 4 rings (SSSR count). The number of benzene rings is 1. The minimum Gasteiger partial charge on any atom is -0.352 e. The predicted molar refractivity (Wildman–Crippen MR) is 85.7 cm³/mol. The molecular formula is C18H23N3. The summed E-state index contributed by atoms with van der Waals surface area (Å²) in [5.41, 5.74) is 2.58. The van der Waals surface area contributed by atoms with Crippen molar-refractivity contribution in [3.63, 3.8) is 0 Å². The standard InChI is InChI=1S/C18H23N3/c1-13-12-21(15-9-5-6-10-15)18(19-13)20-17-11-16(17)14-7-3-2-4-8-14/h2-4,7-8,12,15-17H,5-6,9-11H2,1H3,(H,19,20). The average Bonchev–Trinajstić information content (AvgIpc) is 2.90. The topological polar surface area (TPSA) is 29.9 Å². The van der Waals surface area contributed by atoms with Crippen molar-refractivity contribution in [1.82, 2.24) is 9.55 Å². The molecule has 1 heterocycles. The van der Waals surface area contributed by atoms with Crippen molar-refractivity contribution in [3.8, 4) is 0 Å². The van der Waals surface area contributed by atoms with E-state index in [1.165, 1.54) is 37.7 Å². The van der Waals surface area contributed by atoms with Gasteiger partial charge < -0.3 is 9.88 Å². The van der Waals surface area contributed by atoms with Crippen LogP contribution in [0.5, 0.6) is 0 Å². The molecule has 2 aliphatic rings. The highest BCUT2D eigenvalue weighted by Gasteiger charge is 2.39. The highest BCUT2D eigenvalue weighted by Crippen LogP contribution is 2.43. The second-order valence-corrected chi connectivity index (χ2v) is 6.56. The highest BCUT2D eigenvalue weighted by atomic mass is 15.2. The minimum atomic E-state index is 0.550. The van der Waals surface area contributed by atoms with Gasteiger partial charge in [0.1, 0.15) is 0 Å². The number of hydrogen-bond acceptors (Lipinski definition) is 2. The number of hydrogen-bond donors (Lipinski definition) is 1. The number of aryl methyl sites for hydroxylation is 1. The van der Waals surface area contributed by atoms with Gasteiger partial charge in [-0.3, -0.25) is 0 Å². The highest BCUT2D eigenvalue weighted by molar-refractivity contribution is 5.39. The first-order chi connectivity index (χ1) is 10.3. The van der Waals surface area contributed by atoms with Crippen LogP contribution in [-0.2, 0) is 0 Å². The summed E-state index contributed by atoms with van der Waals surface area (Å²) in [5.74, 6) is 1.74. The van der Waals surface area contributed by atoms with Crippen LogP contribution in [0.4, 0.5) is 5.95 Å². The molecule has 1 aromatic carbocycles. The van der Waals surface area contributed by atoms with Crippen LogP contribution in [0.1, 0.15) is 55.3 Å². The third kappa shape index (κ3) is 2.57. The average molecular weight is 281 g/mol. The Morgan fingerprint density at radius 2 is 1.90 bits per heavy atom. The first kappa shape index (κ1) is 12.9. The molecule has 0 aliphatic heterocycles. The maximum atomic E-state index is 4.72. The minimum absolute atomic E-state index is 0.550. The van der Waals surface area contributed by atoms with E-state index in [0.717, 1.165) is 11.6 Å². The molecule has 2 fully saturated rings. The summed E-state index contributed by atoms with van der Waals surface area (Å²) >= 11 is 0. The zero-order chi connectivity index (χ0) is 14.2. The zero-order valence-corrected chi connectivity index (χ0v) is 12.6. The van der Waals surface area contributed by atoms with Crippen LogP contribution in [0.25, 0.3) is 0 Å². The van der Waals surface area contributed by atoms with Gasteiger partial charge in [0.25, 0.3) is 0 Å². The van der Waals surface area contributed by atoms with Gasteiger partial charge in [0.15, 0.2) is 0 Å². The monoisotopic (exact) mass is 281 g/mol. The fraction of sp³-hybridized carbons (Fsp3) is 0.500. The van der Waals surface area contributed by atoms with Crippen molar-refractivity contribution < 1.29 is 0 Å². The lowest BCUT2D eigenvalue weighted by Gasteiger charge is -2.15. The molecule has 0 radical (unpaired) electrons. The van der Waals surface area contributed by atoms with Crippen LogP contribution < -0.4 is 5.32 Å². The zero-order valence-electron chi connectivity index (χ0n) is 12.6. The van der Waals surface area contributed by atoms with Crippen molar-refractivity contribution in [1.29, 1.82) is 0 Å². The Bertz CT molecular complexity index is 611.